The summed E-state index contributed by atoms with van der Waals surface area (Å²) < 4.78 is 42.4. The molecule has 0 aliphatic carbocycles. The fourth-order valence-electron chi connectivity index (χ4n) is 2.09. The average molecular weight is 332 g/mol. The van der Waals surface area contributed by atoms with E-state index in [4.69, 9.17) is 13.9 Å². The van der Waals surface area contributed by atoms with E-state index in [1.807, 2.05) is 13.8 Å². The van der Waals surface area contributed by atoms with Crippen LogP contribution < -0.4 is 0 Å². The number of hydrogen-bond donors (Lipinski definition) is 0. The van der Waals surface area contributed by atoms with Gasteiger partial charge in [0.15, 0.2) is 9.76 Å². The molecule has 0 saturated carbocycles. The second kappa shape index (κ2) is 11.7. The van der Waals surface area contributed by atoms with Gasteiger partial charge < -0.3 is 13.9 Å². The molecule has 0 saturated heterocycles. The lowest BCUT2D eigenvalue weighted by Gasteiger charge is -2.17. The molecule has 6 heteroatoms. The van der Waals surface area contributed by atoms with Gasteiger partial charge in [0.1, 0.15) is 11.6 Å². The molecule has 0 N–H and O–H groups in total. The fourth-order valence-corrected chi connectivity index (χ4v) is 3.20. The molecule has 0 unspecified atom stereocenters. The number of unbranched alkanes of at least 4 members (excludes halogenated alkanes) is 2. The van der Waals surface area contributed by atoms with Crippen LogP contribution in [0.25, 0.3) is 0 Å². The lowest BCUT2D eigenvalue weighted by molar-refractivity contribution is -0.243. The Kier molecular flexibility index (Phi) is 10.2. The van der Waals surface area contributed by atoms with E-state index in [-0.39, 0.29) is 0 Å². The summed E-state index contributed by atoms with van der Waals surface area (Å²) in [5, 5.41) is 0. The topological polar surface area (TPSA) is 27.7 Å². The molecule has 0 aliphatic rings. The van der Waals surface area contributed by atoms with E-state index in [1.165, 1.54) is 12.1 Å². The predicted molar refractivity (Wildman–Crippen MR) is 85.4 cm³/mol. The first-order valence-corrected chi connectivity index (χ1v) is 9.53. The van der Waals surface area contributed by atoms with Gasteiger partial charge in [0, 0.05) is 19.3 Å². The molecule has 0 spiro atoms. The third-order valence-corrected chi connectivity index (χ3v) is 4.51. The number of hydrogen-bond acceptors (Lipinski definition) is 3. The lowest BCUT2D eigenvalue weighted by atomic mass is 10.1. The molecule has 3 nitrogen and oxygen atoms in total. The molecule has 0 fully saturated rings. The molecule has 0 bridgehead atoms. The van der Waals surface area contributed by atoms with Crippen LogP contribution in [0.2, 0.25) is 6.04 Å². The van der Waals surface area contributed by atoms with Crippen LogP contribution in [0.4, 0.5) is 8.78 Å². The van der Waals surface area contributed by atoms with Crippen LogP contribution in [0, 0.1) is 11.6 Å². The molecule has 22 heavy (non-hydrogen) atoms. The smallest absolute Gasteiger partial charge is 0.261 e. The van der Waals surface area contributed by atoms with Gasteiger partial charge in [0.05, 0.1) is 0 Å². The summed E-state index contributed by atoms with van der Waals surface area (Å²) in [7, 11) is -0.654. The highest BCUT2D eigenvalue weighted by Gasteiger charge is 2.07. The van der Waals surface area contributed by atoms with Crippen LogP contribution in [-0.4, -0.2) is 29.5 Å². The predicted octanol–water partition coefficient (Wildman–Crippen LogP) is 3.55. The molecule has 0 amide bonds. The van der Waals surface area contributed by atoms with Crippen molar-refractivity contribution >= 4 is 9.76 Å². The monoisotopic (exact) mass is 332 g/mol. The van der Waals surface area contributed by atoms with Gasteiger partial charge in [-0.15, -0.1) is 0 Å². The van der Waals surface area contributed by atoms with Crippen LogP contribution >= 0.6 is 0 Å². The summed E-state index contributed by atoms with van der Waals surface area (Å²) in [6, 6.07) is 4.82. The highest BCUT2D eigenvalue weighted by molar-refractivity contribution is 6.27. The quantitative estimate of drug-likeness (QED) is 0.333. The van der Waals surface area contributed by atoms with Crippen molar-refractivity contribution in [1.29, 1.82) is 0 Å². The zero-order chi connectivity index (χ0) is 16.2. The Balaban J connectivity index is 2.08. The molecule has 1 rings (SSSR count). The van der Waals surface area contributed by atoms with E-state index in [9.17, 15) is 8.78 Å². The van der Waals surface area contributed by atoms with Crippen molar-refractivity contribution in [2.45, 2.75) is 52.1 Å². The Labute approximate surface area is 133 Å². The Bertz CT molecular complexity index is 412. The third-order valence-electron chi connectivity index (χ3n) is 3.21. The summed E-state index contributed by atoms with van der Waals surface area (Å²) in [5.74, 6) is -0.975. The first-order valence-electron chi connectivity index (χ1n) is 7.96. The van der Waals surface area contributed by atoms with Crippen LogP contribution in [0.5, 0.6) is 0 Å². The van der Waals surface area contributed by atoms with E-state index in [1.54, 1.807) is 0 Å². The molecule has 126 valence electrons. The maximum Gasteiger partial charge on any atom is 0.261 e. The molecule has 1 aromatic rings. The maximum atomic E-state index is 13.4. The minimum atomic E-state index is -0.654. The van der Waals surface area contributed by atoms with Gasteiger partial charge in [-0.3, -0.25) is 0 Å². The number of aryl methyl sites for hydroxylation is 1. The van der Waals surface area contributed by atoms with Crippen molar-refractivity contribution in [2.75, 3.05) is 13.2 Å². The lowest BCUT2D eigenvalue weighted by Crippen LogP contribution is -2.22. The minimum absolute atomic E-state index is 0.450. The number of halogens is 2. The number of ether oxygens (including phenoxy) is 2. The van der Waals surface area contributed by atoms with Gasteiger partial charge in [-0.05, 0) is 44.4 Å². The normalized spacial score (nSPS) is 11.9. The molecule has 0 aliphatic heterocycles. The summed E-state index contributed by atoms with van der Waals surface area (Å²) in [4.78, 5) is 0. The second-order valence-corrected chi connectivity index (χ2v) is 6.42. The Morgan fingerprint density at radius 2 is 1.77 bits per heavy atom. The van der Waals surface area contributed by atoms with Crippen molar-refractivity contribution in [3.8, 4) is 0 Å². The SMILES string of the molecule is CCOC(OCC)O[SiH2]CCCCCc1ccc(F)cc1F. The largest absolute Gasteiger partial charge is 0.379 e. The second-order valence-electron chi connectivity index (χ2n) is 4.97. The van der Waals surface area contributed by atoms with Gasteiger partial charge in [-0.2, -0.15) is 0 Å². The van der Waals surface area contributed by atoms with Crippen molar-refractivity contribution in [1.82, 2.24) is 0 Å². The molecular formula is C16H26F2O3Si. The Morgan fingerprint density at radius 1 is 1.05 bits per heavy atom. The molecule has 0 radical (unpaired) electrons. The van der Waals surface area contributed by atoms with E-state index in [0.29, 0.717) is 25.2 Å². The van der Waals surface area contributed by atoms with Gasteiger partial charge in [0.25, 0.3) is 6.48 Å². The zero-order valence-corrected chi connectivity index (χ0v) is 14.9. The highest BCUT2D eigenvalue weighted by atomic mass is 28.2. The van der Waals surface area contributed by atoms with E-state index in [0.717, 1.165) is 31.4 Å². The first kappa shape index (κ1) is 19.2. The molecule has 0 heterocycles. The van der Waals surface area contributed by atoms with Gasteiger partial charge >= 0.3 is 0 Å². The van der Waals surface area contributed by atoms with E-state index < -0.39 is 27.9 Å². The standard InChI is InChI=1S/C16H26F2O3Si/c1-3-19-16(20-4-2)21-22-11-7-5-6-8-13-9-10-14(17)12-15(13)18/h9-10,12,16H,3-8,11,22H2,1-2H3. The molecule has 1 aromatic carbocycles. The van der Waals surface area contributed by atoms with Gasteiger partial charge in [-0.25, -0.2) is 8.78 Å². The average Bonchev–Trinajstić information content (AvgIpc) is 2.48. The summed E-state index contributed by atoms with van der Waals surface area (Å²) in [6.07, 6.45) is 3.62. The molecular weight excluding hydrogens is 306 g/mol. The van der Waals surface area contributed by atoms with Crippen molar-refractivity contribution < 1.29 is 22.7 Å². The van der Waals surface area contributed by atoms with E-state index >= 15 is 0 Å². The van der Waals surface area contributed by atoms with Crippen molar-refractivity contribution in [2.24, 2.45) is 0 Å². The third kappa shape index (κ3) is 7.98. The van der Waals surface area contributed by atoms with Gasteiger partial charge in [-0.1, -0.05) is 18.9 Å². The highest BCUT2D eigenvalue weighted by Crippen LogP contribution is 2.13. The van der Waals surface area contributed by atoms with Crippen LogP contribution in [0.15, 0.2) is 18.2 Å². The summed E-state index contributed by atoms with van der Waals surface area (Å²) in [6.45, 7) is 4.44. The van der Waals surface area contributed by atoms with Crippen molar-refractivity contribution in [3.05, 3.63) is 35.4 Å². The maximum absolute atomic E-state index is 13.4. The first-order chi connectivity index (χ1) is 10.7. The van der Waals surface area contributed by atoms with Crippen LogP contribution in [-0.2, 0) is 20.3 Å². The van der Waals surface area contributed by atoms with E-state index in [2.05, 4.69) is 0 Å². The molecule has 0 aromatic heterocycles. The number of benzene rings is 1. The Hall–Kier alpha value is -0.823. The fraction of sp³-hybridized carbons (Fsp3) is 0.625. The van der Waals surface area contributed by atoms with Crippen molar-refractivity contribution in [3.63, 3.8) is 0 Å². The molecule has 0 atom stereocenters. The summed E-state index contributed by atoms with van der Waals surface area (Å²) in [5.41, 5.74) is 0.586. The van der Waals surface area contributed by atoms with Crippen LogP contribution in [0.1, 0.15) is 38.7 Å². The minimum Gasteiger partial charge on any atom is -0.379 e. The van der Waals surface area contributed by atoms with Crippen LogP contribution in [0.3, 0.4) is 0 Å². The Morgan fingerprint density at radius 3 is 2.41 bits per heavy atom. The summed E-state index contributed by atoms with van der Waals surface area (Å²) >= 11 is 0. The number of rotatable bonds is 12. The zero-order valence-electron chi connectivity index (χ0n) is 13.4. The van der Waals surface area contributed by atoms with Gasteiger partial charge in [0.2, 0.25) is 0 Å².